The van der Waals surface area contributed by atoms with Crippen LogP contribution in [0.1, 0.15) is 22.3 Å². The lowest BCUT2D eigenvalue weighted by Gasteiger charge is -2.23. The first-order chi connectivity index (χ1) is 10.5. The summed E-state index contributed by atoms with van der Waals surface area (Å²) in [5, 5.41) is 0. The predicted octanol–water partition coefficient (Wildman–Crippen LogP) is 3.67. The van der Waals surface area contributed by atoms with Gasteiger partial charge in [0.05, 0.1) is 10.6 Å². The molecular weight excluding hydrogens is 364 g/mol. The van der Waals surface area contributed by atoms with Crippen LogP contribution in [0.4, 0.5) is 0 Å². The molecule has 0 N–H and O–H groups in total. The van der Waals surface area contributed by atoms with E-state index in [2.05, 4.69) is 15.9 Å². The first-order valence-corrected chi connectivity index (χ1v) is 9.52. The summed E-state index contributed by atoms with van der Waals surface area (Å²) in [7, 11) is -3.45. The standard InChI is InChI=1S/C17H15BrO3S/c18-14-7-9-15(10-8-14)22(20,21)11-13-6-5-12-3-1-2-4-16(12)17(13)19/h1-4,7-10,13H,5-6,11H2. The van der Waals surface area contributed by atoms with E-state index < -0.39 is 15.8 Å². The average molecular weight is 379 g/mol. The van der Waals surface area contributed by atoms with Gasteiger partial charge in [0.2, 0.25) is 0 Å². The number of fused-ring (bicyclic) bond motifs is 1. The Balaban J connectivity index is 1.85. The van der Waals surface area contributed by atoms with Gasteiger partial charge in [0, 0.05) is 16.0 Å². The van der Waals surface area contributed by atoms with E-state index >= 15 is 0 Å². The molecule has 0 saturated heterocycles. The van der Waals surface area contributed by atoms with Crippen molar-refractivity contribution in [1.29, 1.82) is 0 Å². The largest absolute Gasteiger partial charge is 0.294 e. The lowest BCUT2D eigenvalue weighted by molar-refractivity contribution is 0.0915. The molecule has 0 aromatic heterocycles. The molecule has 1 unspecified atom stereocenters. The van der Waals surface area contributed by atoms with Crippen molar-refractivity contribution in [2.75, 3.05) is 5.75 Å². The molecule has 114 valence electrons. The summed E-state index contributed by atoms with van der Waals surface area (Å²) in [4.78, 5) is 12.8. The van der Waals surface area contributed by atoms with Crippen LogP contribution in [0.2, 0.25) is 0 Å². The van der Waals surface area contributed by atoms with Crippen LogP contribution in [0, 0.1) is 5.92 Å². The maximum absolute atomic E-state index is 12.5. The van der Waals surface area contributed by atoms with Crippen LogP contribution in [-0.2, 0) is 16.3 Å². The number of carbonyl (C=O) groups is 1. The topological polar surface area (TPSA) is 51.2 Å². The number of rotatable bonds is 3. The van der Waals surface area contributed by atoms with Gasteiger partial charge >= 0.3 is 0 Å². The van der Waals surface area contributed by atoms with Crippen LogP contribution in [0.5, 0.6) is 0 Å². The molecule has 5 heteroatoms. The minimum Gasteiger partial charge on any atom is -0.294 e. The fourth-order valence-corrected chi connectivity index (χ4v) is 4.68. The number of halogens is 1. The maximum Gasteiger partial charge on any atom is 0.179 e. The normalized spacial score (nSPS) is 18.0. The van der Waals surface area contributed by atoms with Crippen LogP contribution in [0.15, 0.2) is 57.9 Å². The van der Waals surface area contributed by atoms with Crippen LogP contribution >= 0.6 is 15.9 Å². The number of Topliss-reactive ketones (excluding diaryl/α,β-unsaturated/α-hetero) is 1. The summed E-state index contributed by atoms with van der Waals surface area (Å²) in [6.07, 6.45) is 1.34. The van der Waals surface area contributed by atoms with Crippen molar-refractivity contribution in [3.8, 4) is 0 Å². The van der Waals surface area contributed by atoms with E-state index in [9.17, 15) is 13.2 Å². The lowest BCUT2D eigenvalue weighted by atomic mass is 9.84. The van der Waals surface area contributed by atoms with Gasteiger partial charge in [-0.2, -0.15) is 0 Å². The van der Waals surface area contributed by atoms with E-state index in [1.165, 1.54) is 0 Å². The van der Waals surface area contributed by atoms with E-state index in [0.717, 1.165) is 16.5 Å². The Kier molecular flexibility index (Phi) is 4.19. The molecule has 0 saturated carbocycles. The average Bonchev–Trinajstić information content (AvgIpc) is 2.51. The third-order valence-corrected chi connectivity index (χ3v) is 6.37. The molecule has 1 aliphatic carbocycles. The van der Waals surface area contributed by atoms with Gasteiger partial charge in [0.25, 0.3) is 0 Å². The fraction of sp³-hybridized carbons (Fsp3) is 0.235. The van der Waals surface area contributed by atoms with Crippen molar-refractivity contribution in [1.82, 2.24) is 0 Å². The first-order valence-electron chi connectivity index (χ1n) is 7.08. The Bertz CT molecular complexity index is 810. The summed E-state index contributed by atoms with van der Waals surface area (Å²) in [5.74, 6) is -0.631. The van der Waals surface area contributed by atoms with E-state index in [1.54, 1.807) is 30.3 Å². The zero-order valence-corrected chi connectivity index (χ0v) is 14.2. The molecule has 0 bridgehead atoms. The number of hydrogen-bond acceptors (Lipinski definition) is 3. The maximum atomic E-state index is 12.5. The zero-order valence-electron chi connectivity index (χ0n) is 11.8. The van der Waals surface area contributed by atoms with Crippen molar-refractivity contribution in [3.05, 3.63) is 64.1 Å². The van der Waals surface area contributed by atoms with Crippen LogP contribution < -0.4 is 0 Å². The molecule has 1 aliphatic rings. The summed E-state index contributed by atoms with van der Waals surface area (Å²) in [5.41, 5.74) is 1.69. The highest BCUT2D eigenvalue weighted by atomic mass is 79.9. The highest BCUT2D eigenvalue weighted by molar-refractivity contribution is 9.10. The van der Waals surface area contributed by atoms with E-state index in [-0.39, 0.29) is 16.4 Å². The third kappa shape index (κ3) is 3.01. The molecular formula is C17H15BrO3S. The Morgan fingerprint density at radius 2 is 1.73 bits per heavy atom. The predicted molar refractivity (Wildman–Crippen MR) is 88.8 cm³/mol. The monoisotopic (exact) mass is 378 g/mol. The molecule has 2 aromatic carbocycles. The molecule has 0 amide bonds. The summed E-state index contributed by atoms with van der Waals surface area (Å²) in [6, 6.07) is 14.0. The summed E-state index contributed by atoms with van der Waals surface area (Å²) in [6.45, 7) is 0. The van der Waals surface area contributed by atoms with Gasteiger partial charge in [0.15, 0.2) is 15.6 Å². The highest BCUT2D eigenvalue weighted by Gasteiger charge is 2.31. The Morgan fingerprint density at radius 1 is 1.05 bits per heavy atom. The van der Waals surface area contributed by atoms with Gasteiger partial charge in [-0.15, -0.1) is 0 Å². The first kappa shape index (κ1) is 15.4. The minimum atomic E-state index is -3.45. The highest BCUT2D eigenvalue weighted by Crippen LogP contribution is 2.28. The number of hydrogen-bond donors (Lipinski definition) is 0. The van der Waals surface area contributed by atoms with Crippen LogP contribution in [-0.4, -0.2) is 20.0 Å². The summed E-state index contributed by atoms with van der Waals surface area (Å²) >= 11 is 3.29. The van der Waals surface area contributed by atoms with Crippen LogP contribution in [0.3, 0.4) is 0 Å². The quantitative estimate of drug-likeness (QED) is 0.818. The van der Waals surface area contributed by atoms with Crippen molar-refractivity contribution in [3.63, 3.8) is 0 Å². The Hall–Kier alpha value is -1.46. The zero-order chi connectivity index (χ0) is 15.7. The van der Waals surface area contributed by atoms with Gasteiger partial charge in [-0.05, 0) is 42.7 Å². The molecule has 0 spiro atoms. The van der Waals surface area contributed by atoms with Crippen molar-refractivity contribution < 1.29 is 13.2 Å². The molecule has 0 aliphatic heterocycles. The number of benzene rings is 2. The Labute approximate surface area is 138 Å². The number of aryl methyl sites for hydroxylation is 1. The van der Waals surface area contributed by atoms with Crippen molar-refractivity contribution >= 4 is 31.6 Å². The van der Waals surface area contributed by atoms with Crippen molar-refractivity contribution in [2.45, 2.75) is 17.7 Å². The fourth-order valence-electron chi connectivity index (χ4n) is 2.82. The summed E-state index contributed by atoms with van der Waals surface area (Å²) < 4.78 is 25.8. The van der Waals surface area contributed by atoms with Gasteiger partial charge < -0.3 is 0 Å². The van der Waals surface area contributed by atoms with Gasteiger partial charge in [0.1, 0.15) is 0 Å². The third-order valence-electron chi connectivity index (χ3n) is 4.01. The molecule has 0 radical (unpaired) electrons. The van der Waals surface area contributed by atoms with E-state index in [4.69, 9.17) is 0 Å². The SMILES string of the molecule is O=C1c2ccccc2CCC1CS(=O)(=O)c1ccc(Br)cc1. The van der Waals surface area contributed by atoms with Crippen LogP contribution in [0.25, 0.3) is 0 Å². The lowest BCUT2D eigenvalue weighted by Crippen LogP contribution is -2.29. The molecule has 22 heavy (non-hydrogen) atoms. The number of carbonyl (C=O) groups excluding carboxylic acids is 1. The second kappa shape index (κ2) is 5.97. The second-order valence-electron chi connectivity index (χ2n) is 5.49. The van der Waals surface area contributed by atoms with E-state index in [0.29, 0.717) is 12.0 Å². The smallest absolute Gasteiger partial charge is 0.179 e. The van der Waals surface area contributed by atoms with Gasteiger partial charge in [-0.3, -0.25) is 4.79 Å². The molecule has 0 fully saturated rings. The number of ketones is 1. The van der Waals surface area contributed by atoms with Gasteiger partial charge in [-0.1, -0.05) is 40.2 Å². The molecule has 3 rings (SSSR count). The molecule has 2 aromatic rings. The van der Waals surface area contributed by atoms with Gasteiger partial charge in [-0.25, -0.2) is 8.42 Å². The number of sulfone groups is 1. The second-order valence-corrected chi connectivity index (χ2v) is 8.44. The molecule has 3 nitrogen and oxygen atoms in total. The molecule has 1 atom stereocenters. The molecule has 0 heterocycles. The Morgan fingerprint density at radius 3 is 2.45 bits per heavy atom. The van der Waals surface area contributed by atoms with E-state index in [1.807, 2.05) is 18.2 Å². The van der Waals surface area contributed by atoms with Crippen molar-refractivity contribution in [2.24, 2.45) is 5.92 Å². The minimum absolute atomic E-state index is 0.0532.